The van der Waals surface area contributed by atoms with Crippen molar-refractivity contribution in [3.63, 3.8) is 0 Å². The molecule has 0 atom stereocenters. The molecule has 0 spiro atoms. The summed E-state index contributed by atoms with van der Waals surface area (Å²) in [5, 5.41) is 3.40. The quantitative estimate of drug-likeness (QED) is 0.871. The number of aryl methyl sites for hydroxylation is 1. The number of methoxy groups -OCH3 is 1. The second kappa shape index (κ2) is 4.57. The maximum Gasteiger partial charge on any atom is 0.316 e. The molecule has 1 saturated heterocycles. The average molecular weight is 246 g/mol. The largest absolute Gasteiger partial charge is 0.467 e. The Hall–Kier alpha value is -1.62. The van der Waals surface area contributed by atoms with Gasteiger partial charge in [-0.3, -0.25) is 0 Å². The molecule has 1 N–H and O–H groups in total. The molecule has 18 heavy (non-hydrogen) atoms. The number of nitrogens with zero attached hydrogens (tertiary/aromatic N) is 3. The predicted octanol–water partition coefficient (Wildman–Crippen LogP) is 1.44. The molecule has 1 aliphatic heterocycles. The number of rotatable bonds is 2. The Kier molecular flexibility index (Phi) is 2.91. The lowest BCUT2D eigenvalue weighted by Gasteiger charge is -2.21. The maximum atomic E-state index is 5.13. The number of hydrogen-bond acceptors (Lipinski definition) is 4. The third kappa shape index (κ3) is 1.84. The summed E-state index contributed by atoms with van der Waals surface area (Å²) in [6, 6.07) is 0.448. The van der Waals surface area contributed by atoms with E-state index in [1.54, 1.807) is 7.11 Å². The fourth-order valence-corrected chi connectivity index (χ4v) is 2.70. The third-order valence-corrected chi connectivity index (χ3v) is 3.70. The molecule has 0 amide bonds. The van der Waals surface area contributed by atoms with Crippen molar-refractivity contribution in [2.45, 2.75) is 18.8 Å². The van der Waals surface area contributed by atoms with E-state index in [9.17, 15) is 0 Å². The van der Waals surface area contributed by atoms with E-state index in [1.165, 1.54) is 18.4 Å². The average Bonchev–Trinajstić information content (AvgIpc) is 2.76. The zero-order valence-corrected chi connectivity index (χ0v) is 10.8. The second-order valence-electron chi connectivity index (χ2n) is 4.81. The predicted molar refractivity (Wildman–Crippen MR) is 69.9 cm³/mol. The van der Waals surface area contributed by atoms with E-state index in [2.05, 4.69) is 26.0 Å². The Morgan fingerprint density at radius 1 is 1.39 bits per heavy atom. The van der Waals surface area contributed by atoms with Crippen LogP contribution in [-0.4, -0.2) is 34.7 Å². The molecular formula is C13H18N4O. The minimum Gasteiger partial charge on any atom is -0.467 e. The zero-order chi connectivity index (χ0) is 12.5. The first-order valence-corrected chi connectivity index (χ1v) is 6.36. The topological polar surface area (TPSA) is 52.0 Å². The van der Waals surface area contributed by atoms with Gasteiger partial charge in [-0.1, -0.05) is 0 Å². The Morgan fingerprint density at radius 3 is 2.89 bits per heavy atom. The third-order valence-electron chi connectivity index (χ3n) is 3.70. The highest BCUT2D eigenvalue weighted by Gasteiger charge is 2.21. The molecule has 96 valence electrons. The molecule has 0 unspecified atom stereocenters. The highest BCUT2D eigenvalue weighted by atomic mass is 16.5. The van der Waals surface area contributed by atoms with Crippen LogP contribution in [0.5, 0.6) is 6.01 Å². The highest BCUT2D eigenvalue weighted by molar-refractivity contribution is 5.79. The van der Waals surface area contributed by atoms with Gasteiger partial charge in [-0.2, -0.15) is 4.98 Å². The summed E-state index contributed by atoms with van der Waals surface area (Å²) in [4.78, 5) is 8.69. The molecular weight excluding hydrogens is 228 g/mol. The summed E-state index contributed by atoms with van der Waals surface area (Å²) in [6.45, 7) is 2.17. The van der Waals surface area contributed by atoms with Crippen LogP contribution in [0.2, 0.25) is 0 Å². The van der Waals surface area contributed by atoms with E-state index in [-0.39, 0.29) is 0 Å². The van der Waals surface area contributed by atoms with E-state index in [1.807, 2.05) is 13.2 Å². The molecule has 0 radical (unpaired) electrons. The van der Waals surface area contributed by atoms with E-state index in [4.69, 9.17) is 4.74 Å². The monoisotopic (exact) mass is 246 g/mol. The van der Waals surface area contributed by atoms with Crippen molar-refractivity contribution in [2.24, 2.45) is 7.05 Å². The number of hydrogen-bond donors (Lipinski definition) is 1. The van der Waals surface area contributed by atoms with Gasteiger partial charge < -0.3 is 14.6 Å². The van der Waals surface area contributed by atoms with Gasteiger partial charge >= 0.3 is 6.01 Å². The van der Waals surface area contributed by atoms with Crippen LogP contribution in [0.3, 0.4) is 0 Å². The summed E-state index contributed by atoms with van der Waals surface area (Å²) >= 11 is 0. The molecule has 3 rings (SSSR count). The molecule has 1 fully saturated rings. The minimum atomic E-state index is 0.448. The molecule has 2 aromatic heterocycles. The van der Waals surface area contributed by atoms with Crippen LogP contribution in [0, 0.1) is 0 Å². The van der Waals surface area contributed by atoms with E-state index in [0.29, 0.717) is 11.9 Å². The van der Waals surface area contributed by atoms with Gasteiger partial charge in [-0.25, -0.2) is 4.98 Å². The summed E-state index contributed by atoms with van der Waals surface area (Å²) in [5.74, 6) is 0.592. The Balaban J connectivity index is 2.09. The smallest absolute Gasteiger partial charge is 0.316 e. The van der Waals surface area contributed by atoms with Crippen LogP contribution in [0.15, 0.2) is 12.4 Å². The number of ether oxygens (including phenoxy) is 1. The summed E-state index contributed by atoms with van der Waals surface area (Å²) in [7, 11) is 3.65. The van der Waals surface area contributed by atoms with Gasteiger partial charge in [0.05, 0.1) is 24.3 Å². The van der Waals surface area contributed by atoms with Gasteiger partial charge in [0.15, 0.2) is 0 Å². The van der Waals surface area contributed by atoms with Crippen LogP contribution in [0.25, 0.3) is 11.0 Å². The zero-order valence-electron chi connectivity index (χ0n) is 10.8. The molecule has 5 heteroatoms. The van der Waals surface area contributed by atoms with Gasteiger partial charge in [-0.15, -0.1) is 0 Å². The van der Waals surface area contributed by atoms with Crippen molar-refractivity contribution >= 4 is 11.0 Å². The van der Waals surface area contributed by atoms with Crippen LogP contribution < -0.4 is 10.1 Å². The molecule has 0 aromatic carbocycles. The molecule has 0 aliphatic carbocycles. The first kappa shape index (κ1) is 11.5. The molecule has 0 bridgehead atoms. The SMILES string of the molecule is COc1ncc2c(n1)c(C1CCNCC1)cn2C. The van der Waals surface area contributed by atoms with Crippen molar-refractivity contribution in [1.82, 2.24) is 19.9 Å². The summed E-state index contributed by atoms with van der Waals surface area (Å²) in [5.41, 5.74) is 3.44. The molecule has 3 heterocycles. The fraction of sp³-hybridized carbons (Fsp3) is 0.538. The first-order chi connectivity index (χ1) is 8.79. The van der Waals surface area contributed by atoms with Gasteiger partial charge in [-0.05, 0) is 37.4 Å². The maximum absolute atomic E-state index is 5.13. The number of piperidine rings is 1. The fourth-order valence-electron chi connectivity index (χ4n) is 2.70. The summed E-state index contributed by atoms with van der Waals surface area (Å²) < 4.78 is 7.23. The highest BCUT2D eigenvalue weighted by Crippen LogP contribution is 2.31. The number of aromatic nitrogens is 3. The number of fused-ring (bicyclic) bond motifs is 1. The first-order valence-electron chi connectivity index (χ1n) is 6.36. The van der Waals surface area contributed by atoms with Crippen molar-refractivity contribution in [3.05, 3.63) is 18.0 Å². The minimum absolute atomic E-state index is 0.448. The van der Waals surface area contributed by atoms with Crippen molar-refractivity contribution in [3.8, 4) is 6.01 Å². The molecule has 1 aliphatic rings. The van der Waals surface area contributed by atoms with Crippen molar-refractivity contribution in [1.29, 1.82) is 0 Å². The summed E-state index contributed by atoms with van der Waals surface area (Å²) in [6.07, 6.45) is 6.37. The Morgan fingerprint density at radius 2 is 2.17 bits per heavy atom. The Labute approximate surface area is 106 Å². The molecule has 2 aromatic rings. The van der Waals surface area contributed by atoms with Gasteiger partial charge in [0, 0.05) is 13.2 Å². The molecule has 0 saturated carbocycles. The van der Waals surface area contributed by atoms with E-state index in [0.717, 1.165) is 24.1 Å². The van der Waals surface area contributed by atoms with E-state index >= 15 is 0 Å². The normalized spacial score (nSPS) is 17.2. The Bertz CT molecular complexity index is 557. The van der Waals surface area contributed by atoms with Crippen molar-refractivity contribution in [2.75, 3.05) is 20.2 Å². The number of nitrogens with one attached hydrogen (secondary N) is 1. The lowest BCUT2D eigenvalue weighted by Crippen LogP contribution is -2.26. The van der Waals surface area contributed by atoms with Crippen LogP contribution >= 0.6 is 0 Å². The standard InChI is InChI=1S/C13H18N4O/c1-17-8-10(9-3-5-14-6-4-9)12-11(17)7-15-13(16-12)18-2/h7-9,14H,3-6H2,1-2H3. The van der Waals surface area contributed by atoms with Crippen LogP contribution in [-0.2, 0) is 7.05 Å². The lowest BCUT2D eigenvalue weighted by molar-refractivity contribution is 0.381. The van der Waals surface area contributed by atoms with Crippen LogP contribution in [0.1, 0.15) is 24.3 Å². The molecule has 5 nitrogen and oxygen atoms in total. The van der Waals surface area contributed by atoms with Gasteiger partial charge in [0.1, 0.15) is 0 Å². The second-order valence-corrected chi connectivity index (χ2v) is 4.81. The van der Waals surface area contributed by atoms with Crippen LogP contribution in [0.4, 0.5) is 0 Å². The van der Waals surface area contributed by atoms with Gasteiger partial charge in [0.25, 0.3) is 0 Å². The lowest BCUT2D eigenvalue weighted by atomic mass is 9.91. The van der Waals surface area contributed by atoms with E-state index < -0.39 is 0 Å². The van der Waals surface area contributed by atoms with Gasteiger partial charge in [0.2, 0.25) is 0 Å². The van der Waals surface area contributed by atoms with Crippen molar-refractivity contribution < 1.29 is 4.74 Å².